The second-order valence-electron chi connectivity index (χ2n) is 6.04. The number of amides is 1. The van der Waals surface area contributed by atoms with Crippen LogP contribution in [-0.4, -0.2) is 24.5 Å². The molecular formula is C18H21Cl2NO3. The normalized spacial score (nSPS) is 20.8. The highest BCUT2D eigenvalue weighted by molar-refractivity contribution is 6.35. The van der Waals surface area contributed by atoms with Crippen LogP contribution in [0.2, 0.25) is 10.0 Å². The maximum Gasteiger partial charge on any atom is 0.331 e. The summed E-state index contributed by atoms with van der Waals surface area (Å²) in [4.78, 5) is 23.6. The van der Waals surface area contributed by atoms with Gasteiger partial charge >= 0.3 is 5.97 Å². The number of carbonyl (C=O) groups is 2. The second-order valence-corrected chi connectivity index (χ2v) is 6.89. The highest BCUT2D eigenvalue weighted by atomic mass is 35.5. The Hall–Kier alpha value is -1.52. The average Bonchev–Trinajstić information content (AvgIpc) is 2.54. The zero-order valence-corrected chi connectivity index (χ0v) is 15.1. The number of rotatable bonds is 5. The summed E-state index contributed by atoms with van der Waals surface area (Å²) in [6, 6.07) is 5.14. The molecule has 4 nitrogen and oxygen atoms in total. The van der Waals surface area contributed by atoms with Gasteiger partial charge in [-0.25, -0.2) is 4.79 Å². The van der Waals surface area contributed by atoms with E-state index >= 15 is 0 Å². The minimum absolute atomic E-state index is 0.174. The van der Waals surface area contributed by atoms with Crippen molar-refractivity contribution in [2.24, 2.45) is 5.92 Å². The number of halogens is 2. The lowest BCUT2D eigenvalue weighted by Crippen LogP contribution is -2.42. The first-order valence-corrected chi connectivity index (χ1v) is 8.80. The molecule has 1 aromatic rings. The number of esters is 1. The molecule has 0 unspecified atom stereocenters. The van der Waals surface area contributed by atoms with Crippen molar-refractivity contribution in [3.05, 3.63) is 39.9 Å². The van der Waals surface area contributed by atoms with Gasteiger partial charge in [0, 0.05) is 22.2 Å². The van der Waals surface area contributed by atoms with Gasteiger partial charge < -0.3 is 10.1 Å². The topological polar surface area (TPSA) is 55.4 Å². The van der Waals surface area contributed by atoms with Gasteiger partial charge in [-0.05, 0) is 42.5 Å². The molecule has 2 rings (SSSR count). The minimum Gasteiger partial charge on any atom is -0.452 e. The van der Waals surface area contributed by atoms with Crippen LogP contribution >= 0.6 is 23.2 Å². The number of ether oxygens (including phenoxy) is 1. The molecule has 0 spiro atoms. The van der Waals surface area contributed by atoms with Crippen molar-refractivity contribution in [3.63, 3.8) is 0 Å². The van der Waals surface area contributed by atoms with Crippen molar-refractivity contribution < 1.29 is 14.3 Å². The number of hydrogen-bond donors (Lipinski definition) is 1. The largest absolute Gasteiger partial charge is 0.452 e. The standard InChI is InChI=1S/C18H21Cl2NO3/c1-12-4-2-3-5-16(12)21-17(22)11-24-18(23)9-7-13-6-8-14(19)10-15(13)20/h6-10,12,16H,2-5,11H2,1H3,(H,21,22)/b9-7+/t12-,16+/m0/s1. The molecule has 0 radical (unpaired) electrons. The second kappa shape index (κ2) is 9.09. The molecule has 1 amide bonds. The predicted molar refractivity (Wildman–Crippen MR) is 96.0 cm³/mol. The molecule has 0 saturated heterocycles. The lowest BCUT2D eigenvalue weighted by atomic mass is 9.86. The van der Waals surface area contributed by atoms with Gasteiger partial charge in [-0.15, -0.1) is 0 Å². The van der Waals surface area contributed by atoms with E-state index in [1.807, 2.05) is 0 Å². The molecule has 0 aliphatic heterocycles. The fourth-order valence-corrected chi connectivity index (χ4v) is 3.23. The summed E-state index contributed by atoms with van der Waals surface area (Å²) in [6.45, 7) is 1.86. The van der Waals surface area contributed by atoms with Crippen molar-refractivity contribution >= 4 is 41.2 Å². The Bertz CT molecular complexity index is 631. The van der Waals surface area contributed by atoms with Crippen LogP contribution in [0.3, 0.4) is 0 Å². The first kappa shape index (κ1) is 18.8. The van der Waals surface area contributed by atoms with Crippen LogP contribution in [0.1, 0.15) is 38.2 Å². The molecular weight excluding hydrogens is 349 g/mol. The van der Waals surface area contributed by atoms with Crippen LogP contribution in [-0.2, 0) is 14.3 Å². The molecule has 130 valence electrons. The Morgan fingerprint density at radius 3 is 2.75 bits per heavy atom. The molecule has 24 heavy (non-hydrogen) atoms. The zero-order chi connectivity index (χ0) is 17.5. The summed E-state index contributed by atoms with van der Waals surface area (Å²) in [5, 5.41) is 3.90. The molecule has 1 aliphatic rings. The van der Waals surface area contributed by atoms with E-state index in [0.717, 1.165) is 19.3 Å². The summed E-state index contributed by atoms with van der Waals surface area (Å²) < 4.78 is 4.96. The smallest absolute Gasteiger partial charge is 0.331 e. The Morgan fingerprint density at radius 2 is 2.04 bits per heavy atom. The summed E-state index contributed by atoms with van der Waals surface area (Å²) in [6.07, 6.45) is 7.21. The minimum atomic E-state index is -0.590. The monoisotopic (exact) mass is 369 g/mol. The molecule has 2 atom stereocenters. The summed E-state index contributed by atoms with van der Waals surface area (Å²) in [5.41, 5.74) is 0.651. The Kier molecular flexibility index (Phi) is 7.13. The third-order valence-electron chi connectivity index (χ3n) is 4.16. The predicted octanol–water partition coefficient (Wildman–Crippen LogP) is 4.24. The molecule has 6 heteroatoms. The van der Waals surface area contributed by atoms with Gasteiger partial charge in [0.1, 0.15) is 0 Å². The molecule has 1 N–H and O–H groups in total. The van der Waals surface area contributed by atoms with Gasteiger partial charge in [0.15, 0.2) is 6.61 Å². The van der Waals surface area contributed by atoms with Gasteiger partial charge in [-0.3, -0.25) is 4.79 Å². The first-order chi connectivity index (χ1) is 11.5. The number of benzene rings is 1. The first-order valence-electron chi connectivity index (χ1n) is 8.05. The third kappa shape index (κ3) is 5.84. The highest BCUT2D eigenvalue weighted by Crippen LogP contribution is 2.24. The Labute approximate surface area is 152 Å². The number of carbonyl (C=O) groups excluding carboxylic acids is 2. The zero-order valence-electron chi connectivity index (χ0n) is 13.6. The lowest BCUT2D eigenvalue weighted by Gasteiger charge is -2.29. The fourth-order valence-electron chi connectivity index (χ4n) is 2.76. The SMILES string of the molecule is C[C@H]1CCCC[C@H]1NC(=O)COC(=O)/C=C/c1ccc(Cl)cc1Cl. The maximum atomic E-state index is 11.9. The Morgan fingerprint density at radius 1 is 1.29 bits per heavy atom. The molecule has 0 bridgehead atoms. The van der Waals surface area contributed by atoms with Crippen LogP contribution in [0.5, 0.6) is 0 Å². The van der Waals surface area contributed by atoms with Gasteiger partial charge in [0.05, 0.1) is 0 Å². The van der Waals surface area contributed by atoms with Crippen LogP contribution in [0, 0.1) is 5.92 Å². The lowest BCUT2D eigenvalue weighted by molar-refractivity contribution is -0.144. The van der Waals surface area contributed by atoms with Crippen LogP contribution in [0.15, 0.2) is 24.3 Å². The van der Waals surface area contributed by atoms with E-state index in [0.29, 0.717) is 21.5 Å². The van der Waals surface area contributed by atoms with Crippen molar-refractivity contribution in [3.8, 4) is 0 Å². The van der Waals surface area contributed by atoms with Crippen molar-refractivity contribution in [2.45, 2.75) is 38.6 Å². The van der Waals surface area contributed by atoms with Gasteiger partial charge in [0.25, 0.3) is 5.91 Å². The highest BCUT2D eigenvalue weighted by Gasteiger charge is 2.22. The van der Waals surface area contributed by atoms with E-state index in [9.17, 15) is 9.59 Å². The summed E-state index contributed by atoms with van der Waals surface area (Å²) >= 11 is 11.8. The van der Waals surface area contributed by atoms with Crippen molar-refractivity contribution in [2.75, 3.05) is 6.61 Å². The Balaban J connectivity index is 1.77. The van der Waals surface area contributed by atoms with Gasteiger partial charge in [-0.1, -0.05) is 49.0 Å². The van der Waals surface area contributed by atoms with Gasteiger partial charge in [0.2, 0.25) is 0 Å². The molecule has 1 fully saturated rings. The fraction of sp³-hybridized carbons (Fsp3) is 0.444. The van der Waals surface area contributed by atoms with E-state index in [1.54, 1.807) is 18.2 Å². The van der Waals surface area contributed by atoms with E-state index in [-0.39, 0.29) is 18.6 Å². The number of nitrogens with one attached hydrogen (secondary N) is 1. The van der Waals surface area contributed by atoms with Gasteiger partial charge in [-0.2, -0.15) is 0 Å². The molecule has 0 heterocycles. The molecule has 1 aromatic carbocycles. The summed E-state index contributed by atoms with van der Waals surface area (Å²) in [7, 11) is 0. The quantitative estimate of drug-likeness (QED) is 0.623. The third-order valence-corrected chi connectivity index (χ3v) is 4.73. The van der Waals surface area contributed by atoms with E-state index < -0.39 is 5.97 Å². The number of hydrogen-bond acceptors (Lipinski definition) is 3. The van der Waals surface area contributed by atoms with E-state index in [4.69, 9.17) is 27.9 Å². The molecule has 0 aromatic heterocycles. The van der Waals surface area contributed by atoms with Crippen LogP contribution < -0.4 is 5.32 Å². The molecule has 1 saturated carbocycles. The van der Waals surface area contributed by atoms with Crippen molar-refractivity contribution in [1.29, 1.82) is 0 Å². The molecule has 1 aliphatic carbocycles. The van der Waals surface area contributed by atoms with Crippen molar-refractivity contribution in [1.82, 2.24) is 5.32 Å². The average molecular weight is 370 g/mol. The van der Waals surface area contributed by atoms with Crippen LogP contribution in [0.25, 0.3) is 6.08 Å². The maximum absolute atomic E-state index is 11.9. The van der Waals surface area contributed by atoms with E-state index in [1.165, 1.54) is 18.6 Å². The van der Waals surface area contributed by atoms with E-state index in [2.05, 4.69) is 12.2 Å². The summed E-state index contributed by atoms with van der Waals surface area (Å²) in [5.74, 6) is -0.391. The van der Waals surface area contributed by atoms with Crippen LogP contribution in [0.4, 0.5) is 0 Å².